The number of carbonyl (C=O) groups is 1. The first-order valence-electron chi connectivity index (χ1n) is 9.58. The minimum Gasteiger partial charge on any atom is -0.490 e. The molecule has 2 N–H and O–H groups in total. The van der Waals surface area contributed by atoms with Crippen LogP contribution in [-0.4, -0.2) is 34.9 Å². The van der Waals surface area contributed by atoms with Gasteiger partial charge >= 0.3 is 0 Å². The minimum atomic E-state index is -1.10. The van der Waals surface area contributed by atoms with Crippen LogP contribution in [0.3, 0.4) is 0 Å². The van der Waals surface area contributed by atoms with Gasteiger partial charge in [-0.3, -0.25) is 9.69 Å². The molecule has 3 aliphatic rings. The number of halogens is 1. The van der Waals surface area contributed by atoms with Crippen molar-refractivity contribution in [1.29, 1.82) is 0 Å². The first kappa shape index (κ1) is 17.2. The zero-order valence-electron chi connectivity index (χ0n) is 15.6. The number of hydrogen-bond donors (Lipinski definition) is 1. The number of aromatic nitrogens is 1. The van der Waals surface area contributed by atoms with Gasteiger partial charge in [0.05, 0.1) is 0 Å². The van der Waals surface area contributed by atoms with Crippen molar-refractivity contribution in [3.8, 4) is 16.9 Å². The summed E-state index contributed by atoms with van der Waals surface area (Å²) in [5, 5.41) is 0. The van der Waals surface area contributed by atoms with E-state index in [1.54, 1.807) is 31.3 Å². The third-order valence-electron chi connectivity index (χ3n) is 6.24. The lowest BCUT2D eigenvalue weighted by molar-refractivity contribution is -0.136. The zero-order valence-corrected chi connectivity index (χ0v) is 15.6. The number of nitrogens with two attached hydrogens (primary N) is 1. The van der Waals surface area contributed by atoms with Crippen LogP contribution < -0.4 is 10.5 Å². The third-order valence-corrected chi connectivity index (χ3v) is 6.24. The highest BCUT2D eigenvalue weighted by molar-refractivity contribution is 6.07. The molecule has 3 atom stereocenters. The van der Waals surface area contributed by atoms with Gasteiger partial charge in [-0.05, 0) is 49.1 Å². The van der Waals surface area contributed by atoms with Gasteiger partial charge in [0.25, 0.3) is 5.91 Å². The second-order valence-electron chi connectivity index (χ2n) is 7.70. The lowest BCUT2D eigenvalue weighted by atomic mass is 9.67. The predicted octanol–water partition coefficient (Wildman–Crippen LogP) is 2.82. The fraction of sp³-hybridized carbons (Fsp3) is 0.381. The summed E-state index contributed by atoms with van der Waals surface area (Å²) in [6, 6.07) is 8.77. The summed E-state index contributed by atoms with van der Waals surface area (Å²) in [7, 11) is 1.65. The molecule has 0 bridgehead atoms. The Labute approximate surface area is 162 Å². The first-order valence-corrected chi connectivity index (χ1v) is 9.58. The Kier molecular flexibility index (Phi) is 3.69. The Hall–Kier alpha value is -2.96. The molecule has 2 aliphatic heterocycles. The number of fused-ring (bicyclic) bond motifs is 4. The van der Waals surface area contributed by atoms with E-state index < -0.39 is 11.5 Å². The van der Waals surface area contributed by atoms with Crippen LogP contribution in [0.5, 0.6) is 5.75 Å². The van der Waals surface area contributed by atoms with Crippen molar-refractivity contribution in [2.75, 3.05) is 7.05 Å². The lowest BCUT2D eigenvalue weighted by Crippen LogP contribution is -2.53. The van der Waals surface area contributed by atoms with E-state index in [1.165, 1.54) is 11.1 Å². The molecule has 1 fully saturated rings. The van der Waals surface area contributed by atoms with Crippen molar-refractivity contribution in [2.45, 2.75) is 37.3 Å². The third kappa shape index (κ3) is 2.22. The summed E-state index contributed by atoms with van der Waals surface area (Å²) in [5.41, 5.74) is 6.64. The van der Waals surface area contributed by atoms with Crippen molar-refractivity contribution in [3.05, 3.63) is 48.0 Å². The van der Waals surface area contributed by atoms with Gasteiger partial charge in [-0.15, -0.1) is 0 Å². The van der Waals surface area contributed by atoms with Gasteiger partial charge in [0.15, 0.2) is 11.5 Å². The molecule has 1 spiro atoms. The summed E-state index contributed by atoms with van der Waals surface area (Å²) in [6.45, 7) is 0. The Balaban J connectivity index is 1.74. The number of amides is 1. The summed E-state index contributed by atoms with van der Waals surface area (Å²) in [5.74, 6) is 0.0483. The zero-order chi connectivity index (χ0) is 19.5. The minimum absolute atomic E-state index is 0.0748. The van der Waals surface area contributed by atoms with Gasteiger partial charge in [-0.2, -0.15) is 4.39 Å². The van der Waals surface area contributed by atoms with Crippen molar-refractivity contribution < 1.29 is 13.9 Å². The highest BCUT2D eigenvalue weighted by Crippen LogP contribution is 2.53. The highest BCUT2D eigenvalue weighted by Gasteiger charge is 2.60. The van der Waals surface area contributed by atoms with Crippen molar-refractivity contribution in [3.63, 3.8) is 0 Å². The van der Waals surface area contributed by atoms with E-state index in [-0.39, 0.29) is 23.9 Å². The number of benzene rings is 1. The van der Waals surface area contributed by atoms with E-state index in [1.807, 2.05) is 6.07 Å². The maximum Gasteiger partial charge on any atom is 0.262 e. The summed E-state index contributed by atoms with van der Waals surface area (Å²) in [6.07, 6.45) is 5.15. The molecule has 0 saturated heterocycles. The molecule has 1 aliphatic carbocycles. The van der Waals surface area contributed by atoms with Crippen LogP contribution in [-0.2, 0) is 10.3 Å². The Morgan fingerprint density at radius 1 is 1.29 bits per heavy atom. The smallest absolute Gasteiger partial charge is 0.262 e. The van der Waals surface area contributed by atoms with Crippen LogP contribution in [0.1, 0.15) is 31.2 Å². The molecule has 28 heavy (non-hydrogen) atoms. The van der Waals surface area contributed by atoms with Gasteiger partial charge in [0, 0.05) is 30.3 Å². The van der Waals surface area contributed by atoms with Crippen LogP contribution in [0.15, 0.2) is 41.5 Å². The van der Waals surface area contributed by atoms with E-state index >= 15 is 0 Å². The average molecular weight is 380 g/mol. The number of aliphatic imine (C=N–C) groups is 1. The summed E-state index contributed by atoms with van der Waals surface area (Å²) in [4.78, 5) is 23.3. The molecular weight excluding hydrogens is 359 g/mol. The van der Waals surface area contributed by atoms with Crippen molar-refractivity contribution in [1.82, 2.24) is 9.88 Å². The van der Waals surface area contributed by atoms with Gasteiger partial charge in [0.1, 0.15) is 11.9 Å². The molecule has 5 rings (SSSR count). The molecule has 0 radical (unpaired) electrons. The van der Waals surface area contributed by atoms with E-state index in [9.17, 15) is 9.18 Å². The van der Waals surface area contributed by atoms with Gasteiger partial charge < -0.3 is 10.5 Å². The molecule has 7 heteroatoms. The van der Waals surface area contributed by atoms with E-state index in [2.05, 4.69) is 4.98 Å². The molecular formula is C21H21FN4O2. The number of carbonyl (C=O) groups excluding carboxylic acids is 1. The molecule has 1 saturated carbocycles. The Morgan fingerprint density at radius 2 is 2.11 bits per heavy atom. The van der Waals surface area contributed by atoms with E-state index in [0.29, 0.717) is 22.4 Å². The first-order chi connectivity index (χ1) is 13.5. The van der Waals surface area contributed by atoms with Crippen LogP contribution in [0.4, 0.5) is 4.39 Å². The second-order valence-corrected chi connectivity index (χ2v) is 7.70. The number of hydrogen-bond acceptors (Lipinski definition) is 5. The molecule has 3 heterocycles. The number of pyridine rings is 1. The highest BCUT2D eigenvalue weighted by atomic mass is 19.1. The number of rotatable bonds is 1. The number of likely N-dealkylation sites (N-methyl/N-ethyl adjacent to an activating group) is 1. The maximum absolute atomic E-state index is 14.3. The number of nitrogens with zero attached hydrogens (tertiary/aromatic N) is 3. The number of ether oxygens (including phenoxy) is 1. The van der Waals surface area contributed by atoms with Crippen LogP contribution in [0, 0.1) is 11.9 Å². The Morgan fingerprint density at radius 3 is 2.86 bits per heavy atom. The molecule has 144 valence electrons. The fourth-order valence-corrected chi connectivity index (χ4v) is 4.86. The molecule has 0 unspecified atom stereocenters. The molecule has 2 aromatic rings. The SMILES string of the molecule is CN1C(=O)[C@]2(N=C1N)c1cc(-c3cccnc3F)ccc1O[C@@H]1CCCC[C@H]12. The standard InChI is InChI=1S/C21H21FN4O2/c1-26-19(27)21(25-20(26)23)14-6-2-3-7-16(14)28-17-9-8-12(11-15(17)21)13-5-4-10-24-18(13)22/h4-5,8-11,14,16H,2-3,6-7H2,1H3,(H2,23,25)/t14-,16-,21-/m1/s1. The van der Waals surface area contributed by atoms with E-state index in [4.69, 9.17) is 15.5 Å². The summed E-state index contributed by atoms with van der Waals surface area (Å²) >= 11 is 0. The fourth-order valence-electron chi connectivity index (χ4n) is 4.86. The molecule has 1 amide bonds. The molecule has 1 aromatic heterocycles. The topological polar surface area (TPSA) is 80.8 Å². The molecule has 1 aromatic carbocycles. The van der Waals surface area contributed by atoms with E-state index in [0.717, 1.165) is 25.7 Å². The van der Waals surface area contributed by atoms with Gasteiger partial charge in [0.2, 0.25) is 5.95 Å². The summed E-state index contributed by atoms with van der Waals surface area (Å²) < 4.78 is 20.6. The second kappa shape index (κ2) is 6.02. The van der Waals surface area contributed by atoms with Gasteiger partial charge in [-0.1, -0.05) is 12.5 Å². The average Bonchev–Trinajstić information content (AvgIpc) is 2.93. The van der Waals surface area contributed by atoms with Crippen molar-refractivity contribution >= 4 is 11.9 Å². The quantitative estimate of drug-likeness (QED) is 0.772. The molecule has 6 nitrogen and oxygen atoms in total. The van der Waals surface area contributed by atoms with Crippen LogP contribution in [0.25, 0.3) is 11.1 Å². The number of guanidine groups is 1. The predicted molar refractivity (Wildman–Crippen MR) is 102 cm³/mol. The van der Waals surface area contributed by atoms with Gasteiger partial charge in [-0.25, -0.2) is 9.98 Å². The van der Waals surface area contributed by atoms with Crippen molar-refractivity contribution in [2.24, 2.45) is 16.6 Å². The van der Waals surface area contributed by atoms with Crippen LogP contribution in [0.2, 0.25) is 0 Å². The Bertz CT molecular complexity index is 1010. The normalized spacial score (nSPS) is 28.6. The largest absolute Gasteiger partial charge is 0.490 e. The maximum atomic E-state index is 14.3. The van der Waals surface area contributed by atoms with Crippen LogP contribution >= 0.6 is 0 Å². The monoisotopic (exact) mass is 380 g/mol. The lowest BCUT2D eigenvalue weighted by Gasteiger charge is -2.46.